The summed E-state index contributed by atoms with van der Waals surface area (Å²) in [6.45, 7) is 0. The molecule has 0 amide bonds. The van der Waals surface area contributed by atoms with Crippen LogP contribution >= 0.6 is 22.9 Å². The Morgan fingerprint density at radius 2 is 2.00 bits per heavy atom. The van der Waals surface area contributed by atoms with E-state index in [0.717, 1.165) is 32.1 Å². The smallest absolute Gasteiger partial charge is 0.234 e. The highest BCUT2D eigenvalue weighted by Crippen LogP contribution is 2.19. The first-order valence-electron chi connectivity index (χ1n) is 6.95. The highest BCUT2D eigenvalue weighted by Gasteiger charge is 2.11. The lowest BCUT2D eigenvalue weighted by atomic mass is 10.1. The Balaban J connectivity index is 1.60. The van der Waals surface area contributed by atoms with Gasteiger partial charge in [-0.3, -0.25) is 0 Å². The molecular formula is C16H11ClN4OS. The lowest BCUT2D eigenvalue weighted by molar-refractivity contribution is 0.557. The van der Waals surface area contributed by atoms with Crippen molar-refractivity contribution >= 4 is 40.1 Å². The van der Waals surface area contributed by atoms with Crippen molar-refractivity contribution in [2.75, 3.05) is 0 Å². The fourth-order valence-corrected chi connectivity index (χ4v) is 3.06. The van der Waals surface area contributed by atoms with E-state index in [4.69, 9.17) is 16.0 Å². The number of hydrogen-bond acceptors (Lipinski definition) is 5. The summed E-state index contributed by atoms with van der Waals surface area (Å²) >= 11 is 7.39. The second-order valence-corrected chi connectivity index (χ2v) is 6.33. The summed E-state index contributed by atoms with van der Waals surface area (Å²) in [6.07, 6.45) is 6.08. The van der Waals surface area contributed by atoms with E-state index in [1.54, 1.807) is 10.8 Å². The van der Waals surface area contributed by atoms with Crippen LogP contribution in [0.1, 0.15) is 22.2 Å². The molecule has 1 aromatic carbocycles. The van der Waals surface area contributed by atoms with Gasteiger partial charge in [0.25, 0.3) is 0 Å². The molecule has 0 atom stereocenters. The molecule has 3 aromatic heterocycles. The molecule has 4 aromatic rings. The van der Waals surface area contributed by atoms with Gasteiger partial charge in [0.05, 0.1) is 6.26 Å². The average Bonchev–Trinajstić information content (AvgIpc) is 3.26. The van der Waals surface area contributed by atoms with E-state index in [-0.39, 0.29) is 0 Å². The minimum atomic E-state index is 0.656. The first kappa shape index (κ1) is 14.2. The average molecular weight is 343 g/mol. The number of halogens is 1. The van der Waals surface area contributed by atoms with Gasteiger partial charge in [-0.1, -0.05) is 35.1 Å². The van der Waals surface area contributed by atoms with Gasteiger partial charge in [-0.2, -0.15) is 9.61 Å². The second-order valence-electron chi connectivity index (χ2n) is 4.90. The summed E-state index contributed by atoms with van der Waals surface area (Å²) < 4.78 is 7.05. The Hall–Kier alpha value is -2.44. The molecule has 23 heavy (non-hydrogen) atoms. The molecule has 0 saturated carbocycles. The number of furan rings is 1. The third-order valence-corrected chi connectivity index (χ3v) is 4.40. The molecule has 0 N–H and O–H groups in total. The molecule has 3 heterocycles. The van der Waals surface area contributed by atoms with Crippen LogP contribution in [0.5, 0.6) is 0 Å². The Morgan fingerprint density at radius 1 is 1.13 bits per heavy atom. The van der Waals surface area contributed by atoms with Gasteiger partial charge < -0.3 is 4.42 Å². The fraction of sp³-hybridized carbons (Fsp3) is 0.0625. The highest BCUT2D eigenvalue weighted by atomic mass is 35.5. The fourth-order valence-electron chi connectivity index (χ4n) is 2.17. The van der Waals surface area contributed by atoms with Crippen LogP contribution in [0.15, 0.2) is 47.1 Å². The molecule has 5 nitrogen and oxygen atoms in total. The molecule has 0 bridgehead atoms. The second kappa shape index (κ2) is 5.98. The van der Waals surface area contributed by atoms with Crippen molar-refractivity contribution in [3.05, 3.63) is 69.8 Å². The van der Waals surface area contributed by atoms with Crippen molar-refractivity contribution in [2.45, 2.75) is 6.42 Å². The van der Waals surface area contributed by atoms with Gasteiger partial charge in [0.1, 0.15) is 10.8 Å². The molecule has 114 valence electrons. The SMILES string of the molecule is Clc1ccc(Cc2nnc3sc(/C=C/c4ccco4)nn23)cc1. The van der Waals surface area contributed by atoms with E-state index in [1.165, 1.54) is 11.3 Å². The zero-order valence-corrected chi connectivity index (χ0v) is 13.5. The predicted octanol–water partition coefficient (Wildman–Crippen LogP) is 4.19. The molecule has 0 spiro atoms. The molecule has 0 unspecified atom stereocenters. The summed E-state index contributed by atoms with van der Waals surface area (Å²) in [5.41, 5.74) is 1.12. The maximum absolute atomic E-state index is 5.91. The number of benzene rings is 1. The third-order valence-electron chi connectivity index (χ3n) is 3.28. The first-order valence-corrected chi connectivity index (χ1v) is 8.14. The van der Waals surface area contributed by atoms with Gasteiger partial charge >= 0.3 is 0 Å². The van der Waals surface area contributed by atoms with Gasteiger partial charge in [0, 0.05) is 11.4 Å². The van der Waals surface area contributed by atoms with E-state index >= 15 is 0 Å². The normalized spacial score (nSPS) is 11.7. The van der Waals surface area contributed by atoms with E-state index in [0.29, 0.717) is 6.42 Å². The number of nitrogens with zero attached hydrogens (tertiary/aromatic N) is 4. The van der Waals surface area contributed by atoms with E-state index < -0.39 is 0 Å². The summed E-state index contributed by atoms with van der Waals surface area (Å²) in [4.78, 5) is 0.771. The van der Waals surface area contributed by atoms with E-state index in [1.807, 2.05) is 48.6 Å². The standard InChI is InChI=1S/C16H11ClN4OS/c17-12-5-3-11(4-6-12)10-14-18-19-16-21(14)20-15(23-16)8-7-13-2-1-9-22-13/h1-9H,10H2/b8-7+. The zero-order valence-electron chi connectivity index (χ0n) is 11.9. The molecule has 0 aliphatic heterocycles. The Bertz CT molecular complexity index is 954. The molecule has 0 aliphatic carbocycles. The minimum Gasteiger partial charge on any atom is -0.465 e. The van der Waals surface area contributed by atoms with Gasteiger partial charge in [-0.15, -0.1) is 10.2 Å². The molecule has 0 aliphatic rings. The lowest BCUT2D eigenvalue weighted by Gasteiger charge is -1.98. The summed E-state index contributed by atoms with van der Waals surface area (Å²) in [7, 11) is 0. The van der Waals surface area contributed by atoms with Crippen molar-refractivity contribution in [1.29, 1.82) is 0 Å². The quantitative estimate of drug-likeness (QED) is 0.558. The van der Waals surface area contributed by atoms with Crippen molar-refractivity contribution in [1.82, 2.24) is 19.8 Å². The number of rotatable bonds is 4. The summed E-state index contributed by atoms with van der Waals surface area (Å²) in [5, 5.41) is 14.5. The first-order chi connectivity index (χ1) is 11.3. The summed E-state index contributed by atoms with van der Waals surface area (Å²) in [5.74, 6) is 1.59. The Morgan fingerprint density at radius 3 is 2.78 bits per heavy atom. The van der Waals surface area contributed by atoms with E-state index in [2.05, 4.69) is 15.3 Å². The van der Waals surface area contributed by atoms with Crippen LogP contribution in [0, 0.1) is 0 Å². The van der Waals surface area contributed by atoms with Crippen molar-refractivity contribution < 1.29 is 4.42 Å². The zero-order chi connectivity index (χ0) is 15.6. The molecular weight excluding hydrogens is 332 g/mol. The van der Waals surface area contributed by atoms with Crippen LogP contribution in [0.4, 0.5) is 0 Å². The number of aromatic nitrogens is 4. The Labute approximate surface area is 140 Å². The lowest BCUT2D eigenvalue weighted by Crippen LogP contribution is -1.97. The topological polar surface area (TPSA) is 56.2 Å². The summed E-state index contributed by atoms with van der Waals surface area (Å²) in [6, 6.07) is 11.4. The van der Waals surface area contributed by atoms with Gasteiger partial charge in [0.2, 0.25) is 4.96 Å². The minimum absolute atomic E-state index is 0.656. The van der Waals surface area contributed by atoms with Crippen LogP contribution in [0.2, 0.25) is 5.02 Å². The number of fused-ring (bicyclic) bond motifs is 1. The molecule has 4 rings (SSSR count). The van der Waals surface area contributed by atoms with E-state index in [9.17, 15) is 0 Å². The predicted molar refractivity (Wildman–Crippen MR) is 90.6 cm³/mol. The van der Waals surface area contributed by atoms with Crippen LogP contribution in [-0.2, 0) is 6.42 Å². The van der Waals surface area contributed by atoms with Crippen LogP contribution in [0.3, 0.4) is 0 Å². The van der Waals surface area contributed by atoms with Crippen LogP contribution in [-0.4, -0.2) is 19.8 Å². The van der Waals surface area contributed by atoms with Crippen molar-refractivity contribution in [2.24, 2.45) is 0 Å². The van der Waals surface area contributed by atoms with Gasteiger partial charge in [-0.25, -0.2) is 0 Å². The molecule has 0 fully saturated rings. The van der Waals surface area contributed by atoms with Crippen LogP contribution in [0.25, 0.3) is 17.1 Å². The largest absolute Gasteiger partial charge is 0.465 e. The molecule has 0 saturated heterocycles. The monoisotopic (exact) mass is 342 g/mol. The molecule has 0 radical (unpaired) electrons. The van der Waals surface area contributed by atoms with Crippen LogP contribution < -0.4 is 0 Å². The highest BCUT2D eigenvalue weighted by molar-refractivity contribution is 7.17. The maximum atomic E-state index is 5.91. The maximum Gasteiger partial charge on any atom is 0.234 e. The Kier molecular flexibility index (Phi) is 3.69. The van der Waals surface area contributed by atoms with Crippen molar-refractivity contribution in [3.63, 3.8) is 0 Å². The van der Waals surface area contributed by atoms with Crippen molar-refractivity contribution in [3.8, 4) is 0 Å². The third kappa shape index (κ3) is 3.04. The molecule has 7 heteroatoms. The number of hydrogen-bond donors (Lipinski definition) is 0. The van der Waals surface area contributed by atoms with Gasteiger partial charge in [0.15, 0.2) is 5.82 Å². The van der Waals surface area contributed by atoms with Gasteiger partial charge in [-0.05, 0) is 42.0 Å².